The molecule has 2 unspecified atom stereocenters. The highest BCUT2D eigenvalue weighted by Crippen LogP contribution is 2.33. The molecular formula is C14H16Cl3NO3. The van der Waals surface area contributed by atoms with E-state index in [1.54, 1.807) is 4.90 Å². The summed E-state index contributed by atoms with van der Waals surface area (Å²) in [4.78, 5) is 14.0. The summed E-state index contributed by atoms with van der Waals surface area (Å²) in [6.45, 7) is 4.85. The molecular weight excluding hydrogens is 337 g/mol. The number of carbonyl (C=O) groups is 1. The largest absolute Gasteiger partial charge is 0.482 e. The highest BCUT2D eigenvalue weighted by atomic mass is 35.5. The monoisotopic (exact) mass is 351 g/mol. The summed E-state index contributed by atoms with van der Waals surface area (Å²) in [5, 5.41) is 0.994. The average Bonchev–Trinajstić information content (AvgIpc) is 2.43. The summed E-state index contributed by atoms with van der Waals surface area (Å²) < 4.78 is 11.0. The molecule has 116 valence electrons. The number of rotatable bonds is 3. The number of ether oxygens (including phenoxy) is 2. The normalized spacial score (nSPS) is 22.2. The van der Waals surface area contributed by atoms with Gasteiger partial charge in [-0.15, -0.1) is 0 Å². The Bertz CT molecular complexity index is 538. The minimum absolute atomic E-state index is 0.0266. The van der Waals surface area contributed by atoms with Crippen molar-refractivity contribution < 1.29 is 14.3 Å². The van der Waals surface area contributed by atoms with E-state index in [1.165, 1.54) is 12.1 Å². The van der Waals surface area contributed by atoms with Crippen LogP contribution in [0.3, 0.4) is 0 Å². The zero-order chi connectivity index (χ0) is 15.6. The van der Waals surface area contributed by atoms with Crippen molar-refractivity contribution in [1.82, 2.24) is 4.90 Å². The van der Waals surface area contributed by atoms with Crippen LogP contribution < -0.4 is 4.74 Å². The molecule has 0 aliphatic carbocycles. The molecule has 0 N–H and O–H groups in total. The lowest BCUT2D eigenvalue weighted by Gasteiger charge is -2.36. The van der Waals surface area contributed by atoms with Gasteiger partial charge in [-0.3, -0.25) is 4.79 Å². The maximum atomic E-state index is 12.2. The number of benzene rings is 1. The number of amides is 1. The molecule has 1 fully saturated rings. The second-order valence-corrected chi connectivity index (χ2v) is 6.25. The van der Waals surface area contributed by atoms with Gasteiger partial charge < -0.3 is 14.4 Å². The van der Waals surface area contributed by atoms with Crippen molar-refractivity contribution in [3.8, 4) is 5.75 Å². The first-order valence-electron chi connectivity index (χ1n) is 6.57. The molecule has 1 amide bonds. The van der Waals surface area contributed by atoms with Gasteiger partial charge >= 0.3 is 0 Å². The molecule has 1 aromatic rings. The highest BCUT2D eigenvalue weighted by molar-refractivity contribution is 6.43. The predicted octanol–water partition coefficient (Wildman–Crippen LogP) is 3.66. The summed E-state index contributed by atoms with van der Waals surface area (Å²) >= 11 is 17.8. The van der Waals surface area contributed by atoms with Crippen LogP contribution in [-0.2, 0) is 9.53 Å². The number of carbonyl (C=O) groups excluding carboxylic acids is 1. The maximum absolute atomic E-state index is 12.2. The van der Waals surface area contributed by atoms with Gasteiger partial charge in [0.2, 0.25) is 0 Å². The van der Waals surface area contributed by atoms with E-state index in [2.05, 4.69) is 0 Å². The number of morpholine rings is 1. The van der Waals surface area contributed by atoms with Gasteiger partial charge in [-0.2, -0.15) is 0 Å². The lowest BCUT2D eigenvalue weighted by atomic mass is 10.2. The van der Waals surface area contributed by atoms with Gasteiger partial charge in [-0.25, -0.2) is 0 Å². The first-order valence-corrected chi connectivity index (χ1v) is 7.70. The van der Waals surface area contributed by atoms with E-state index in [-0.39, 0.29) is 24.7 Å². The van der Waals surface area contributed by atoms with Gasteiger partial charge in [0.05, 0.1) is 33.8 Å². The van der Waals surface area contributed by atoms with Crippen LogP contribution in [0.2, 0.25) is 15.1 Å². The fourth-order valence-corrected chi connectivity index (χ4v) is 2.68. The molecule has 21 heavy (non-hydrogen) atoms. The Morgan fingerprint density at radius 1 is 1.29 bits per heavy atom. The van der Waals surface area contributed by atoms with Gasteiger partial charge in [0, 0.05) is 12.6 Å². The molecule has 1 saturated heterocycles. The Morgan fingerprint density at radius 2 is 1.95 bits per heavy atom. The van der Waals surface area contributed by atoms with E-state index in [4.69, 9.17) is 44.3 Å². The molecule has 0 spiro atoms. The molecule has 1 aliphatic rings. The van der Waals surface area contributed by atoms with Crippen LogP contribution in [0, 0.1) is 0 Å². The Hall–Kier alpha value is -0.680. The van der Waals surface area contributed by atoms with Crippen molar-refractivity contribution in [3.05, 3.63) is 27.2 Å². The second-order valence-electron chi connectivity index (χ2n) is 5.02. The third kappa shape index (κ3) is 4.16. The Kier molecular flexibility index (Phi) is 5.60. The van der Waals surface area contributed by atoms with E-state index in [0.29, 0.717) is 34.0 Å². The van der Waals surface area contributed by atoms with Gasteiger partial charge in [-0.05, 0) is 19.9 Å². The Morgan fingerprint density at radius 3 is 2.67 bits per heavy atom. The van der Waals surface area contributed by atoms with E-state index in [0.717, 1.165) is 0 Å². The molecule has 1 aliphatic heterocycles. The lowest BCUT2D eigenvalue weighted by molar-refractivity contribution is -0.145. The third-order valence-corrected chi connectivity index (χ3v) is 4.27. The van der Waals surface area contributed by atoms with Crippen LogP contribution in [0.1, 0.15) is 13.8 Å². The van der Waals surface area contributed by atoms with Crippen molar-refractivity contribution in [1.29, 1.82) is 0 Å². The molecule has 0 aromatic heterocycles. The SMILES string of the molecule is CC1CN(C(=O)COc2cc(Cl)c(Cl)cc2Cl)C(C)CO1. The van der Waals surface area contributed by atoms with Crippen molar-refractivity contribution in [2.45, 2.75) is 26.0 Å². The number of hydrogen-bond donors (Lipinski definition) is 0. The first-order chi connectivity index (χ1) is 9.88. The number of halogens is 3. The molecule has 0 bridgehead atoms. The van der Waals surface area contributed by atoms with Crippen LogP contribution in [0.25, 0.3) is 0 Å². The summed E-state index contributed by atoms with van der Waals surface area (Å²) in [7, 11) is 0. The molecule has 4 nitrogen and oxygen atoms in total. The maximum Gasteiger partial charge on any atom is 0.260 e. The first kappa shape index (κ1) is 16.7. The molecule has 0 radical (unpaired) electrons. The lowest BCUT2D eigenvalue weighted by Crippen LogP contribution is -2.51. The topological polar surface area (TPSA) is 38.8 Å². The average molecular weight is 353 g/mol. The van der Waals surface area contributed by atoms with Gasteiger partial charge in [0.1, 0.15) is 5.75 Å². The molecule has 0 saturated carbocycles. The second kappa shape index (κ2) is 7.05. The third-order valence-electron chi connectivity index (χ3n) is 3.25. The van der Waals surface area contributed by atoms with E-state index >= 15 is 0 Å². The zero-order valence-corrected chi connectivity index (χ0v) is 14.0. The molecule has 1 aromatic carbocycles. The van der Waals surface area contributed by atoms with Crippen LogP contribution >= 0.6 is 34.8 Å². The van der Waals surface area contributed by atoms with E-state index in [1.807, 2.05) is 13.8 Å². The van der Waals surface area contributed by atoms with Gasteiger partial charge in [0.15, 0.2) is 6.61 Å². The van der Waals surface area contributed by atoms with Crippen molar-refractivity contribution in [2.24, 2.45) is 0 Å². The standard InChI is InChI=1S/C14H16Cl3NO3/c1-8-6-20-9(2)5-18(8)14(19)7-21-13-4-11(16)10(15)3-12(13)17/h3-4,8-9H,5-7H2,1-2H3. The molecule has 2 rings (SSSR count). The Labute approximate surface area is 138 Å². The quantitative estimate of drug-likeness (QED) is 0.779. The molecule has 1 heterocycles. The predicted molar refractivity (Wildman–Crippen MR) is 83.6 cm³/mol. The Balaban J connectivity index is 1.99. The van der Waals surface area contributed by atoms with Crippen LogP contribution in [0.15, 0.2) is 12.1 Å². The summed E-state index contributed by atoms with van der Waals surface area (Å²) in [5.41, 5.74) is 0. The van der Waals surface area contributed by atoms with E-state index < -0.39 is 0 Å². The fourth-order valence-electron chi connectivity index (χ4n) is 2.09. The summed E-state index contributed by atoms with van der Waals surface area (Å²) in [5.74, 6) is 0.230. The molecule has 7 heteroatoms. The zero-order valence-electron chi connectivity index (χ0n) is 11.7. The summed E-state index contributed by atoms with van der Waals surface area (Å²) in [6.07, 6.45) is 0.0266. The van der Waals surface area contributed by atoms with Crippen molar-refractivity contribution in [3.63, 3.8) is 0 Å². The number of hydrogen-bond acceptors (Lipinski definition) is 3. The van der Waals surface area contributed by atoms with Crippen LogP contribution in [0.4, 0.5) is 0 Å². The summed E-state index contributed by atoms with van der Waals surface area (Å²) in [6, 6.07) is 3.02. The minimum Gasteiger partial charge on any atom is -0.482 e. The molecule has 2 atom stereocenters. The van der Waals surface area contributed by atoms with Crippen molar-refractivity contribution in [2.75, 3.05) is 19.8 Å². The van der Waals surface area contributed by atoms with Crippen LogP contribution in [-0.4, -0.2) is 42.7 Å². The van der Waals surface area contributed by atoms with E-state index in [9.17, 15) is 4.79 Å². The smallest absolute Gasteiger partial charge is 0.260 e. The van der Waals surface area contributed by atoms with Crippen LogP contribution in [0.5, 0.6) is 5.75 Å². The number of nitrogens with zero attached hydrogens (tertiary/aromatic N) is 1. The minimum atomic E-state index is -0.111. The highest BCUT2D eigenvalue weighted by Gasteiger charge is 2.27. The van der Waals surface area contributed by atoms with Gasteiger partial charge in [-0.1, -0.05) is 34.8 Å². The van der Waals surface area contributed by atoms with Crippen molar-refractivity contribution >= 4 is 40.7 Å². The fraction of sp³-hybridized carbons (Fsp3) is 0.500. The van der Waals surface area contributed by atoms with Gasteiger partial charge in [0.25, 0.3) is 5.91 Å².